The topological polar surface area (TPSA) is 73.3 Å². The van der Waals surface area contributed by atoms with Crippen LogP contribution in [0, 0.1) is 0 Å². The Kier molecular flexibility index (Phi) is 4.28. The standard InChI is InChI=1S/C13H13N3O3/c1-18-11-5-3-10(4-6-11)16-12(17)9-19-13-14-7-2-8-15-13/h2-8H,9H2,1H3,(H,16,17). The van der Waals surface area contributed by atoms with Gasteiger partial charge in [-0.3, -0.25) is 4.79 Å². The maximum Gasteiger partial charge on any atom is 0.316 e. The van der Waals surface area contributed by atoms with Crippen LogP contribution in [0.25, 0.3) is 0 Å². The molecule has 0 bridgehead atoms. The van der Waals surface area contributed by atoms with Gasteiger partial charge in [-0.15, -0.1) is 0 Å². The Morgan fingerprint density at radius 1 is 1.21 bits per heavy atom. The van der Waals surface area contributed by atoms with E-state index in [1.165, 1.54) is 0 Å². The summed E-state index contributed by atoms with van der Waals surface area (Å²) in [5.74, 6) is 0.449. The number of nitrogens with zero attached hydrogens (tertiary/aromatic N) is 2. The van der Waals surface area contributed by atoms with Crippen LogP contribution in [-0.4, -0.2) is 29.6 Å². The van der Waals surface area contributed by atoms with Crippen molar-refractivity contribution in [3.8, 4) is 11.8 Å². The highest BCUT2D eigenvalue weighted by Gasteiger charge is 2.04. The summed E-state index contributed by atoms with van der Waals surface area (Å²) in [4.78, 5) is 19.3. The van der Waals surface area contributed by atoms with Crippen molar-refractivity contribution in [3.63, 3.8) is 0 Å². The first-order chi connectivity index (χ1) is 9.28. The van der Waals surface area contributed by atoms with Gasteiger partial charge >= 0.3 is 6.01 Å². The number of methoxy groups -OCH3 is 1. The van der Waals surface area contributed by atoms with Gasteiger partial charge in [-0.2, -0.15) is 0 Å². The minimum Gasteiger partial charge on any atom is -0.497 e. The van der Waals surface area contributed by atoms with Crippen molar-refractivity contribution in [2.45, 2.75) is 0 Å². The van der Waals surface area contributed by atoms with E-state index in [4.69, 9.17) is 9.47 Å². The van der Waals surface area contributed by atoms with Gasteiger partial charge in [0.1, 0.15) is 5.75 Å². The van der Waals surface area contributed by atoms with E-state index in [9.17, 15) is 4.79 Å². The lowest BCUT2D eigenvalue weighted by Gasteiger charge is -2.06. The number of rotatable bonds is 5. The molecular formula is C13H13N3O3. The number of carbonyl (C=O) groups is 1. The van der Waals surface area contributed by atoms with Crippen LogP contribution < -0.4 is 14.8 Å². The Balaban J connectivity index is 1.83. The van der Waals surface area contributed by atoms with Crippen LogP contribution >= 0.6 is 0 Å². The molecule has 6 nitrogen and oxygen atoms in total. The minimum absolute atomic E-state index is 0.143. The van der Waals surface area contributed by atoms with Crippen molar-refractivity contribution >= 4 is 11.6 Å². The SMILES string of the molecule is COc1ccc(NC(=O)COc2ncccn2)cc1. The minimum atomic E-state index is -0.280. The van der Waals surface area contributed by atoms with Gasteiger partial charge in [0.2, 0.25) is 0 Å². The predicted octanol–water partition coefficient (Wildman–Crippen LogP) is 1.50. The molecule has 2 rings (SSSR count). The number of aromatic nitrogens is 2. The molecule has 0 atom stereocenters. The number of anilines is 1. The number of benzene rings is 1. The fourth-order valence-corrected chi connectivity index (χ4v) is 1.36. The highest BCUT2D eigenvalue weighted by molar-refractivity contribution is 5.91. The largest absolute Gasteiger partial charge is 0.497 e. The van der Waals surface area contributed by atoms with Crippen molar-refractivity contribution in [1.29, 1.82) is 0 Å². The van der Waals surface area contributed by atoms with Gasteiger partial charge in [0.15, 0.2) is 6.61 Å². The molecule has 1 aromatic carbocycles. The Morgan fingerprint density at radius 3 is 2.53 bits per heavy atom. The van der Waals surface area contributed by atoms with Crippen LogP contribution in [-0.2, 0) is 4.79 Å². The average molecular weight is 259 g/mol. The first-order valence-electron chi connectivity index (χ1n) is 5.61. The van der Waals surface area contributed by atoms with Crippen LogP contribution in [0.2, 0.25) is 0 Å². The molecule has 0 unspecified atom stereocenters. The third kappa shape index (κ3) is 3.95. The summed E-state index contributed by atoms with van der Waals surface area (Å²) in [7, 11) is 1.58. The zero-order valence-electron chi connectivity index (χ0n) is 10.4. The molecule has 6 heteroatoms. The summed E-state index contributed by atoms with van der Waals surface area (Å²) in [6.07, 6.45) is 3.09. The second-order valence-electron chi connectivity index (χ2n) is 3.60. The molecule has 0 saturated carbocycles. The quantitative estimate of drug-likeness (QED) is 0.880. The summed E-state index contributed by atoms with van der Waals surface area (Å²) in [5.41, 5.74) is 0.670. The molecule has 0 aliphatic heterocycles. The lowest BCUT2D eigenvalue weighted by Crippen LogP contribution is -2.20. The summed E-state index contributed by atoms with van der Waals surface area (Å²) in [6.45, 7) is -0.143. The lowest BCUT2D eigenvalue weighted by atomic mass is 10.3. The molecule has 1 amide bonds. The summed E-state index contributed by atoms with van der Waals surface area (Å²) in [6, 6.07) is 8.86. The Bertz CT molecular complexity index is 529. The van der Waals surface area contributed by atoms with Crippen LogP contribution in [0.1, 0.15) is 0 Å². The first kappa shape index (κ1) is 12.8. The van der Waals surface area contributed by atoms with Crippen LogP contribution in [0.3, 0.4) is 0 Å². The molecular weight excluding hydrogens is 246 g/mol. The van der Waals surface area contributed by atoms with Gasteiger partial charge in [-0.1, -0.05) is 0 Å². The van der Waals surface area contributed by atoms with Crippen molar-refractivity contribution in [1.82, 2.24) is 9.97 Å². The zero-order chi connectivity index (χ0) is 13.5. The van der Waals surface area contributed by atoms with E-state index in [0.29, 0.717) is 5.69 Å². The van der Waals surface area contributed by atoms with Crippen molar-refractivity contribution in [2.24, 2.45) is 0 Å². The average Bonchev–Trinajstić information content (AvgIpc) is 2.47. The maximum atomic E-state index is 11.6. The molecule has 1 N–H and O–H groups in total. The summed E-state index contributed by atoms with van der Waals surface area (Å²) in [5, 5.41) is 2.69. The van der Waals surface area contributed by atoms with Gasteiger partial charge in [0.25, 0.3) is 5.91 Å². The molecule has 1 heterocycles. The molecule has 0 saturated heterocycles. The number of hydrogen-bond donors (Lipinski definition) is 1. The second-order valence-corrected chi connectivity index (χ2v) is 3.60. The fourth-order valence-electron chi connectivity index (χ4n) is 1.36. The molecule has 19 heavy (non-hydrogen) atoms. The zero-order valence-corrected chi connectivity index (χ0v) is 10.4. The lowest BCUT2D eigenvalue weighted by molar-refractivity contribution is -0.118. The van der Waals surface area contributed by atoms with Crippen molar-refractivity contribution in [3.05, 3.63) is 42.7 Å². The first-order valence-corrected chi connectivity index (χ1v) is 5.61. The van der Waals surface area contributed by atoms with E-state index in [-0.39, 0.29) is 18.5 Å². The second kappa shape index (κ2) is 6.34. The number of hydrogen-bond acceptors (Lipinski definition) is 5. The Hall–Kier alpha value is -2.63. The number of carbonyl (C=O) groups excluding carboxylic acids is 1. The smallest absolute Gasteiger partial charge is 0.316 e. The molecule has 0 fully saturated rings. The van der Waals surface area contributed by atoms with Gasteiger partial charge in [-0.05, 0) is 30.3 Å². The van der Waals surface area contributed by atoms with Crippen LogP contribution in [0.4, 0.5) is 5.69 Å². The fraction of sp³-hybridized carbons (Fsp3) is 0.154. The summed E-state index contributed by atoms with van der Waals surface area (Å²) < 4.78 is 10.2. The van der Waals surface area contributed by atoms with Gasteiger partial charge < -0.3 is 14.8 Å². The third-order valence-electron chi connectivity index (χ3n) is 2.25. The maximum absolute atomic E-state index is 11.6. The molecule has 0 radical (unpaired) electrons. The van der Waals surface area contributed by atoms with Gasteiger partial charge in [-0.25, -0.2) is 9.97 Å². The van der Waals surface area contributed by atoms with E-state index >= 15 is 0 Å². The highest BCUT2D eigenvalue weighted by Crippen LogP contribution is 2.14. The molecule has 0 spiro atoms. The number of ether oxygens (including phenoxy) is 2. The molecule has 0 aliphatic carbocycles. The van der Waals surface area contributed by atoms with Crippen LogP contribution in [0.15, 0.2) is 42.7 Å². The normalized spacial score (nSPS) is 9.74. The van der Waals surface area contributed by atoms with E-state index in [1.54, 1.807) is 49.8 Å². The number of nitrogens with one attached hydrogen (secondary N) is 1. The van der Waals surface area contributed by atoms with Gasteiger partial charge in [0.05, 0.1) is 7.11 Å². The number of amides is 1. The van der Waals surface area contributed by atoms with E-state index < -0.39 is 0 Å². The summed E-state index contributed by atoms with van der Waals surface area (Å²) >= 11 is 0. The predicted molar refractivity (Wildman–Crippen MR) is 69.2 cm³/mol. The van der Waals surface area contributed by atoms with E-state index in [0.717, 1.165) is 5.75 Å². The molecule has 0 aliphatic rings. The van der Waals surface area contributed by atoms with Gasteiger partial charge in [0, 0.05) is 18.1 Å². The Morgan fingerprint density at radius 2 is 1.89 bits per heavy atom. The monoisotopic (exact) mass is 259 g/mol. The highest BCUT2D eigenvalue weighted by atomic mass is 16.5. The van der Waals surface area contributed by atoms with Crippen LogP contribution in [0.5, 0.6) is 11.8 Å². The van der Waals surface area contributed by atoms with Crippen molar-refractivity contribution in [2.75, 3.05) is 19.0 Å². The Labute approximate surface area is 110 Å². The molecule has 2 aromatic rings. The third-order valence-corrected chi connectivity index (χ3v) is 2.25. The van der Waals surface area contributed by atoms with E-state index in [2.05, 4.69) is 15.3 Å². The van der Waals surface area contributed by atoms with Crippen molar-refractivity contribution < 1.29 is 14.3 Å². The van der Waals surface area contributed by atoms with E-state index in [1.807, 2.05) is 0 Å². The molecule has 98 valence electrons. The molecule has 1 aromatic heterocycles.